The molecule has 0 radical (unpaired) electrons. The highest BCUT2D eigenvalue weighted by Crippen LogP contribution is 2.57. The molecule has 8 heteroatoms. The molecule has 2 atom stereocenters. The molecule has 1 aromatic rings. The predicted molar refractivity (Wildman–Crippen MR) is 90.2 cm³/mol. The summed E-state index contributed by atoms with van der Waals surface area (Å²) in [4.78, 5) is 12.4. The number of carbonyl (C=O) groups excluding carboxylic acids is 1. The molecule has 0 aromatic heterocycles. The Morgan fingerprint density at radius 2 is 2.04 bits per heavy atom. The van der Waals surface area contributed by atoms with E-state index < -0.39 is 28.9 Å². The monoisotopic (exact) mass is 372 g/mol. The minimum atomic E-state index is -4.62. The number of ether oxygens (including phenoxy) is 2. The topological polar surface area (TPSA) is 59.6 Å². The first kappa shape index (κ1) is 18.8. The Morgan fingerprint density at radius 3 is 2.54 bits per heavy atom. The average Bonchev–Trinajstić information content (AvgIpc) is 3.14. The fourth-order valence-corrected chi connectivity index (χ4v) is 3.58. The van der Waals surface area contributed by atoms with Crippen LogP contribution in [0.15, 0.2) is 18.2 Å². The zero-order valence-corrected chi connectivity index (χ0v) is 15.2. The van der Waals surface area contributed by atoms with Gasteiger partial charge in [-0.25, -0.2) is 4.79 Å². The minimum Gasteiger partial charge on any atom is -0.491 e. The van der Waals surface area contributed by atoms with Crippen LogP contribution >= 0.6 is 0 Å². The van der Waals surface area contributed by atoms with Crippen molar-refractivity contribution in [2.75, 3.05) is 11.9 Å². The number of anilines is 1. The average molecular weight is 372 g/mol. The molecule has 1 aliphatic carbocycles. The molecule has 2 fully saturated rings. The second-order valence-electron chi connectivity index (χ2n) is 7.64. The predicted octanol–water partition coefficient (Wildman–Crippen LogP) is 4.18. The second kappa shape index (κ2) is 6.04. The molecule has 144 valence electrons. The summed E-state index contributed by atoms with van der Waals surface area (Å²) in [6, 6.07) is 2.84. The van der Waals surface area contributed by atoms with Gasteiger partial charge >= 0.3 is 12.2 Å². The SMILES string of the molecule is CC(C)Oc1ccc(NC(=O)NC23CC2COC3(C)C)c(C(F)(F)F)c1. The minimum absolute atomic E-state index is 0.101. The third kappa shape index (κ3) is 3.34. The molecule has 3 rings (SSSR count). The van der Waals surface area contributed by atoms with Gasteiger partial charge in [0.05, 0.1) is 35.1 Å². The summed E-state index contributed by atoms with van der Waals surface area (Å²) in [7, 11) is 0. The molecule has 1 aromatic carbocycles. The van der Waals surface area contributed by atoms with Gasteiger partial charge < -0.3 is 20.1 Å². The van der Waals surface area contributed by atoms with E-state index in [1.165, 1.54) is 12.1 Å². The van der Waals surface area contributed by atoms with Crippen molar-refractivity contribution in [1.29, 1.82) is 0 Å². The Balaban J connectivity index is 1.78. The van der Waals surface area contributed by atoms with Gasteiger partial charge in [-0.05, 0) is 52.3 Å². The third-order valence-corrected chi connectivity index (χ3v) is 5.08. The van der Waals surface area contributed by atoms with E-state index in [0.29, 0.717) is 6.61 Å². The molecular weight excluding hydrogens is 349 g/mol. The smallest absolute Gasteiger partial charge is 0.418 e. The molecule has 1 aliphatic heterocycles. The lowest BCUT2D eigenvalue weighted by atomic mass is 9.96. The van der Waals surface area contributed by atoms with Crippen LogP contribution in [0.2, 0.25) is 0 Å². The maximum absolute atomic E-state index is 13.4. The Morgan fingerprint density at radius 1 is 1.35 bits per heavy atom. The molecule has 1 heterocycles. The molecular formula is C18H23F3N2O3. The first-order valence-electron chi connectivity index (χ1n) is 8.56. The molecule has 5 nitrogen and oxygen atoms in total. The van der Waals surface area contributed by atoms with Crippen molar-refractivity contribution in [3.8, 4) is 5.75 Å². The number of urea groups is 1. The van der Waals surface area contributed by atoms with Gasteiger partial charge in [-0.3, -0.25) is 0 Å². The van der Waals surface area contributed by atoms with Crippen LogP contribution in [0.25, 0.3) is 0 Å². The highest BCUT2D eigenvalue weighted by Gasteiger charge is 2.69. The van der Waals surface area contributed by atoms with E-state index in [2.05, 4.69) is 10.6 Å². The maximum Gasteiger partial charge on any atom is 0.418 e. The van der Waals surface area contributed by atoms with E-state index in [4.69, 9.17) is 9.47 Å². The quantitative estimate of drug-likeness (QED) is 0.834. The van der Waals surface area contributed by atoms with E-state index >= 15 is 0 Å². The number of amides is 2. The summed E-state index contributed by atoms with van der Waals surface area (Å²) in [6.45, 7) is 7.74. The molecule has 2 N–H and O–H groups in total. The van der Waals surface area contributed by atoms with Crippen molar-refractivity contribution in [2.45, 2.75) is 57.5 Å². The lowest BCUT2D eigenvalue weighted by Crippen LogP contribution is -2.52. The van der Waals surface area contributed by atoms with Gasteiger partial charge in [0.15, 0.2) is 0 Å². The largest absolute Gasteiger partial charge is 0.491 e. The Labute approximate surface area is 150 Å². The Hall–Kier alpha value is -1.96. The normalized spacial score (nSPS) is 26.4. The molecule has 0 spiro atoms. The number of fused-ring (bicyclic) bond motifs is 1. The van der Waals surface area contributed by atoms with E-state index in [1.807, 2.05) is 13.8 Å². The van der Waals surface area contributed by atoms with Crippen molar-refractivity contribution in [3.63, 3.8) is 0 Å². The number of hydrogen-bond acceptors (Lipinski definition) is 3. The lowest BCUT2D eigenvalue weighted by Gasteiger charge is -2.31. The Kier molecular flexibility index (Phi) is 4.37. The van der Waals surface area contributed by atoms with Crippen LogP contribution in [-0.2, 0) is 10.9 Å². The highest BCUT2D eigenvalue weighted by atomic mass is 19.4. The van der Waals surface area contributed by atoms with Crippen LogP contribution in [-0.4, -0.2) is 29.9 Å². The molecule has 2 aliphatic rings. The van der Waals surface area contributed by atoms with Crippen LogP contribution in [0.4, 0.5) is 23.7 Å². The molecule has 0 bridgehead atoms. The van der Waals surface area contributed by atoms with Crippen molar-refractivity contribution < 1.29 is 27.4 Å². The fraction of sp³-hybridized carbons (Fsp3) is 0.611. The number of rotatable bonds is 4. The highest BCUT2D eigenvalue weighted by molar-refractivity contribution is 5.91. The number of benzene rings is 1. The van der Waals surface area contributed by atoms with Crippen LogP contribution in [0.5, 0.6) is 5.75 Å². The van der Waals surface area contributed by atoms with Gasteiger partial charge in [0, 0.05) is 5.92 Å². The number of nitrogens with one attached hydrogen (secondary N) is 2. The summed E-state index contributed by atoms with van der Waals surface area (Å²) in [5.41, 5.74) is -2.32. The first-order valence-corrected chi connectivity index (χ1v) is 8.56. The number of alkyl halides is 3. The van der Waals surface area contributed by atoms with Crippen LogP contribution in [0.1, 0.15) is 39.7 Å². The van der Waals surface area contributed by atoms with E-state index in [9.17, 15) is 18.0 Å². The third-order valence-electron chi connectivity index (χ3n) is 5.08. The van der Waals surface area contributed by atoms with Crippen LogP contribution in [0, 0.1) is 5.92 Å². The number of hydrogen-bond donors (Lipinski definition) is 2. The summed E-state index contributed by atoms with van der Waals surface area (Å²) in [5.74, 6) is 0.302. The number of halogens is 3. The van der Waals surface area contributed by atoms with Crippen molar-refractivity contribution in [2.24, 2.45) is 5.92 Å². The van der Waals surface area contributed by atoms with E-state index in [1.54, 1.807) is 13.8 Å². The molecule has 1 saturated heterocycles. The molecule has 1 saturated carbocycles. The van der Waals surface area contributed by atoms with Gasteiger partial charge in [-0.15, -0.1) is 0 Å². The lowest BCUT2D eigenvalue weighted by molar-refractivity contribution is -0.137. The molecule has 2 amide bonds. The first-order chi connectivity index (χ1) is 11.9. The standard InChI is InChI=1S/C18H23F3N2O3/c1-10(2)26-12-5-6-14(13(7-12)18(19,20)21)22-15(24)23-17-8-11(17)9-25-16(17,3)4/h5-7,10-11H,8-9H2,1-4H3,(H2,22,23,24). The zero-order valence-electron chi connectivity index (χ0n) is 15.2. The van der Waals surface area contributed by atoms with Gasteiger partial charge in [-0.2, -0.15) is 13.2 Å². The second-order valence-corrected chi connectivity index (χ2v) is 7.64. The molecule has 2 unspecified atom stereocenters. The zero-order chi connectivity index (χ0) is 19.3. The van der Waals surface area contributed by atoms with Crippen molar-refractivity contribution >= 4 is 11.7 Å². The van der Waals surface area contributed by atoms with Gasteiger partial charge in [-0.1, -0.05) is 0 Å². The van der Waals surface area contributed by atoms with Crippen LogP contribution < -0.4 is 15.4 Å². The fourth-order valence-electron chi connectivity index (χ4n) is 3.58. The summed E-state index contributed by atoms with van der Waals surface area (Å²) in [6.07, 6.45) is -4.11. The van der Waals surface area contributed by atoms with Crippen molar-refractivity contribution in [3.05, 3.63) is 23.8 Å². The molecule has 26 heavy (non-hydrogen) atoms. The van der Waals surface area contributed by atoms with E-state index in [-0.39, 0.29) is 23.5 Å². The summed E-state index contributed by atoms with van der Waals surface area (Å²) >= 11 is 0. The van der Waals surface area contributed by atoms with E-state index in [0.717, 1.165) is 12.5 Å². The van der Waals surface area contributed by atoms with Crippen LogP contribution in [0.3, 0.4) is 0 Å². The Bertz CT molecular complexity index is 718. The maximum atomic E-state index is 13.4. The number of carbonyl (C=O) groups is 1. The van der Waals surface area contributed by atoms with Gasteiger partial charge in [0.25, 0.3) is 0 Å². The summed E-state index contributed by atoms with van der Waals surface area (Å²) in [5, 5.41) is 5.15. The van der Waals surface area contributed by atoms with Gasteiger partial charge in [0.1, 0.15) is 5.75 Å². The van der Waals surface area contributed by atoms with Gasteiger partial charge in [0.2, 0.25) is 0 Å². The summed E-state index contributed by atoms with van der Waals surface area (Å²) < 4.78 is 51.1. The van der Waals surface area contributed by atoms with Crippen molar-refractivity contribution in [1.82, 2.24) is 5.32 Å².